The van der Waals surface area contributed by atoms with Gasteiger partial charge in [-0.1, -0.05) is 27.9 Å². The number of carboxylic acids is 1. The van der Waals surface area contributed by atoms with Crippen LogP contribution in [0, 0.1) is 11.8 Å². The largest absolute Gasteiger partial charge is 0.477 e. The van der Waals surface area contributed by atoms with E-state index in [1.807, 2.05) is 0 Å². The first-order valence-corrected chi connectivity index (χ1v) is 5.11. The number of nitrogens with zero attached hydrogens (tertiary/aromatic N) is 1. The Hall–Kier alpha value is -1.34. The molecule has 3 nitrogen and oxygen atoms in total. The maximum atomic E-state index is 10.6. The molecule has 0 aliphatic heterocycles. The number of hydrogen-bond donors (Lipinski definition) is 1. The summed E-state index contributed by atoms with van der Waals surface area (Å²) in [5.41, 5.74) is 0.515. The molecule has 0 fully saturated rings. The number of pyridine rings is 1. The molecule has 1 aromatic rings. The van der Waals surface area contributed by atoms with Gasteiger partial charge in [0, 0.05) is 11.8 Å². The molecule has 4 heteroatoms. The molecule has 0 amide bonds. The third-order valence-electron chi connectivity index (χ3n) is 1.40. The Labute approximate surface area is 90.3 Å². The van der Waals surface area contributed by atoms with Crippen molar-refractivity contribution in [3.05, 3.63) is 29.6 Å². The molecule has 1 N–H and O–H groups in total. The van der Waals surface area contributed by atoms with Crippen molar-refractivity contribution in [2.45, 2.75) is 6.42 Å². The fourth-order valence-electron chi connectivity index (χ4n) is 0.824. The van der Waals surface area contributed by atoms with Gasteiger partial charge in [0.2, 0.25) is 0 Å². The normalized spacial score (nSPS) is 8.93. The minimum absolute atomic E-state index is 0.0237. The number of carbonyl (C=O) groups is 1. The lowest BCUT2D eigenvalue weighted by Crippen LogP contribution is -2.00. The summed E-state index contributed by atoms with van der Waals surface area (Å²) in [4.78, 5) is 14.4. The van der Waals surface area contributed by atoms with Crippen molar-refractivity contribution in [1.29, 1.82) is 0 Å². The van der Waals surface area contributed by atoms with Crippen LogP contribution in [0.25, 0.3) is 0 Å². The monoisotopic (exact) mass is 253 g/mol. The van der Waals surface area contributed by atoms with Crippen LogP contribution in [-0.4, -0.2) is 21.4 Å². The number of rotatable bonds is 2. The first-order chi connectivity index (χ1) is 6.74. The molecule has 0 radical (unpaired) electrons. The van der Waals surface area contributed by atoms with Crippen molar-refractivity contribution >= 4 is 21.9 Å². The lowest BCUT2D eigenvalue weighted by Gasteiger charge is -1.93. The molecule has 72 valence electrons. The lowest BCUT2D eigenvalue weighted by atomic mass is 10.3. The molecule has 0 aliphatic carbocycles. The third-order valence-corrected chi connectivity index (χ3v) is 1.80. The van der Waals surface area contributed by atoms with E-state index >= 15 is 0 Å². The molecule has 1 aromatic heterocycles. The summed E-state index contributed by atoms with van der Waals surface area (Å²) in [7, 11) is 0. The van der Waals surface area contributed by atoms with E-state index in [9.17, 15) is 4.79 Å². The molecule has 1 heterocycles. The van der Waals surface area contributed by atoms with Crippen molar-refractivity contribution in [1.82, 2.24) is 4.98 Å². The minimum Gasteiger partial charge on any atom is -0.477 e. The molecule has 14 heavy (non-hydrogen) atoms. The van der Waals surface area contributed by atoms with Crippen molar-refractivity contribution in [3.8, 4) is 11.8 Å². The van der Waals surface area contributed by atoms with Crippen LogP contribution in [0.4, 0.5) is 0 Å². The Balaban J connectivity index is 2.85. The lowest BCUT2D eigenvalue weighted by molar-refractivity contribution is 0.0690. The standard InChI is InChI=1S/C10H8BrNO2/c11-7-2-1-4-8-5-3-6-9(12-8)10(13)14/h3,5-6H,2,7H2,(H,13,14). The molecular formula is C10H8BrNO2. The van der Waals surface area contributed by atoms with Crippen LogP contribution in [0.3, 0.4) is 0 Å². The van der Waals surface area contributed by atoms with Crippen molar-refractivity contribution in [2.24, 2.45) is 0 Å². The highest BCUT2D eigenvalue weighted by atomic mass is 79.9. The van der Waals surface area contributed by atoms with Crippen LogP contribution in [-0.2, 0) is 0 Å². The predicted octanol–water partition coefficient (Wildman–Crippen LogP) is 1.92. The summed E-state index contributed by atoms with van der Waals surface area (Å²) in [6.07, 6.45) is 0.721. The van der Waals surface area contributed by atoms with E-state index in [1.54, 1.807) is 12.1 Å². The van der Waals surface area contributed by atoms with Crippen molar-refractivity contribution in [3.63, 3.8) is 0 Å². The molecule has 0 atom stereocenters. The third kappa shape index (κ3) is 3.19. The van der Waals surface area contributed by atoms with Gasteiger partial charge < -0.3 is 5.11 Å². The van der Waals surface area contributed by atoms with E-state index in [1.165, 1.54) is 6.07 Å². The Morgan fingerprint density at radius 2 is 2.36 bits per heavy atom. The smallest absolute Gasteiger partial charge is 0.354 e. The molecule has 0 aliphatic rings. The van der Waals surface area contributed by atoms with Gasteiger partial charge in [-0.05, 0) is 18.1 Å². The quantitative estimate of drug-likeness (QED) is 0.647. The molecule has 0 spiro atoms. The van der Waals surface area contributed by atoms with E-state index in [0.717, 1.165) is 11.8 Å². The van der Waals surface area contributed by atoms with Gasteiger partial charge >= 0.3 is 5.97 Å². The second kappa shape index (κ2) is 5.40. The summed E-state index contributed by atoms with van der Waals surface area (Å²) in [5, 5.41) is 9.47. The van der Waals surface area contributed by atoms with Gasteiger partial charge in [0.15, 0.2) is 0 Å². The van der Waals surface area contributed by atoms with E-state index in [0.29, 0.717) is 5.69 Å². The van der Waals surface area contributed by atoms with Crippen LogP contribution in [0.2, 0.25) is 0 Å². The Morgan fingerprint density at radius 1 is 1.57 bits per heavy atom. The van der Waals surface area contributed by atoms with Crippen molar-refractivity contribution < 1.29 is 9.90 Å². The van der Waals surface area contributed by atoms with Gasteiger partial charge in [-0.3, -0.25) is 0 Å². The van der Waals surface area contributed by atoms with Crippen LogP contribution in [0.15, 0.2) is 18.2 Å². The molecular weight excluding hydrogens is 246 g/mol. The van der Waals surface area contributed by atoms with Gasteiger partial charge in [0.05, 0.1) is 0 Å². The first kappa shape index (κ1) is 10.7. The first-order valence-electron chi connectivity index (χ1n) is 3.99. The number of carboxylic acid groups (broad SMARTS) is 1. The zero-order valence-corrected chi connectivity index (χ0v) is 8.91. The molecule has 0 aromatic carbocycles. The van der Waals surface area contributed by atoms with Crippen molar-refractivity contribution in [2.75, 3.05) is 5.33 Å². The van der Waals surface area contributed by atoms with Crippen LogP contribution in [0.5, 0.6) is 0 Å². The summed E-state index contributed by atoms with van der Waals surface area (Å²) in [5.74, 6) is 4.62. The Bertz CT molecular complexity index is 393. The number of aromatic nitrogens is 1. The van der Waals surface area contributed by atoms with E-state index in [2.05, 4.69) is 32.8 Å². The van der Waals surface area contributed by atoms with E-state index in [4.69, 9.17) is 5.11 Å². The Morgan fingerprint density at radius 3 is 3.00 bits per heavy atom. The van der Waals surface area contributed by atoms with Crippen LogP contribution in [0.1, 0.15) is 22.6 Å². The number of hydrogen-bond acceptors (Lipinski definition) is 2. The number of aromatic carboxylic acids is 1. The minimum atomic E-state index is -1.03. The average Bonchev–Trinajstić information content (AvgIpc) is 2.19. The number of alkyl halides is 1. The van der Waals surface area contributed by atoms with Crippen LogP contribution < -0.4 is 0 Å². The van der Waals surface area contributed by atoms with Gasteiger partial charge in [0.1, 0.15) is 11.4 Å². The second-order valence-corrected chi connectivity index (χ2v) is 3.25. The van der Waals surface area contributed by atoms with Crippen LogP contribution >= 0.6 is 15.9 Å². The van der Waals surface area contributed by atoms with E-state index in [-0.39, 0.29) is 5.69 Å². The van der Waals surface area contributed by atoms with Gasteiger partial charge in [-0.25, -0.2) is 9.78 Å². The molecule has 0 unspecified atom stereocenters. The fourth-order valence-corrected chi connectivity index (χ4v) is 1.02. The SMILES string of the molecule is O=C(O)c1cccc(C#CCCBr)n1. The average molecular weight is 254 g/mol. The zero-order valence-electron chi connectivity index (χ0n) is 7.33. The fraction of sp³-hybridized carbons (Fsp3) is 0.200. The van der Waals surface area contributed by atoms with E-state index < -0.39 is 5.97 Å². The summed E-state index contributed by atoms with van der Waals surface area (Å²) in [6.45, 7) is 0. The topological polar surface area (TPSA) is 50.2 Å². The van der Waals surface area contributed by atoms with Gasteiger partial charge in [-0.15, -0.1) is 0 Å². The second-order valence-electron chi connectivity index (χ2n) is 2.45. The highest BCUT2D eigenvalue weighted by Crippen LogP contribution is 1.98. The molecule has 0 bridgehead atoms. The van der Waals surface area contributed by atoms with Gasteiger partial charge in [0.25, 0.3) is 0 Å². The molecule has 0 saturated heterocycles. The highest BCUT2D eigenvalue weighted by Gasteiger charge is 2.02. The van der Waals surface area contributed by atoms with Gasteiger partial charge in [-0.2, -0.15) is 0 Å². The maximum absolute atomic E-state index is 10.6. The zero-order chi connectivity index (χ0) is 10.4. The summed E-state index contributed by atoms with van der Waals surface area (Å²) >= 11 is 3.24. The highest BCUT2D eigenvalue weighted by molar-refractivity contribution is 9.09. The summed E-state index contributed by atoms with van der Waals surface area (Å²) < 4.78 is 0. The number of halogens is 1. The molecule has 1 rings (SSSR count). The summed E-state index contributed by atoms with van der Waals surface area (Å²) in [6, 6.07) is 4.76. The predicted molar refractivity (Wildman–Crippen MR) is 56.5 cm³/mol. The molecule has 0 saturated carbocycles. The Kier molecular flexibility index (Phi) is 4.14. The maximum Gasteiger partial charge on any atom is 0.354 e.